The Bertz CT molecular complexity index is 236. The van der Waals surface area contributed by atoms with Gasteiger partial charge in [-0.3, -0.25) is 4.39 Å². The molecule has 2 rings (SSSR count). The highest BCUT2D eigenvalue weighted by atomic mass is 19.2. The lowest BCUT2D eigenvalue weighted by molar-refractivity contribution is 0.00455. The summed E-state index contributed by atoms with van der Waals surface area (Å²) in [6, 6.07) is 0. The summed E-state index contributed by atoms with van der Waals surface area (Å²) < 4.78 is 40.1. The van der Waals surface area contributed by atoms with E-state index in [1.807, 2.05) is 0 Å². The van der Waals surface area contributed by atoms with E-state index in [1.54, 1.807) is 0 Å². The zero-order valence-corrected chi connectivity index (χ0v) is 11.3. The van der Waals surface area contributed by atoms with Crippen molar-refractivity contribution in [3.05, 3.63) is 0 Å². The molecule has 0 aromatic carbocycles. The average molecular weight is 262 g/mol. The van der Waals surface area contributed by atoms with Crippen LogP contribution in [0.1, 0.15) is 51.9 Å². The lowest BCUT2D eigenvalue weighted by Gasteiger charge is -2.40. The molecular formula is C15H25F3. The van der Waals surface area contributed by atoms with E-state index in [9.17, 15) is 13.2 Å². The Morgan fingerprint density at radius 2 is 1.44 bits per heavy atom. The quantitative estimate of drug-likeness (QED) is 0.680. The SMILES string of the molecule is CCC1CCC(C2CC(F)C(CF)C(F)C2)CC1. The number of halogens is 3. The van der Waals surface area contributed by atoms with Crippen LogP contribution < -0.4 is 0 Å². The summed E-state index contributed by atoms with van der Waals surface area (Å²) in [6.45, 7) is 1.37. The first-order chi connectivity index (χ1) is 8.65. The Kier molecular flexibility index (Phi) is 4.97. The highest BCUT2D eigenvalue weighted by molar-refractivity contribution is 4.90. The van der Waals surface area contributed by atoms with Crippen LogP contribution in [0, 0.1) is 23.7 Å². The minimum absolute atomic E-state index is 0.149. The molecule has 0 aliphatic heterocycles. The average Bonchev–Trinajstić information content (AvgIpc) is 2.38. The number of rotatable bonds is 3. The van der Waals surface area contributed by atoms with E-state index in [-0.39, 0.29) is 5.92 Å². The molecular weight excluding hydrogens is 237 g/mol. The Morgan fingerprint density at radius 1 is 0.889 bits per heavy atom. The van der Waals surface area contributed by atoms with Gasteiger partial charge in [0.05, 0.1) is 6.67 Å². The third-order valence-corrected chi connectivity index (χ3v) is 5.30. The van der Waals surface area contributed by atoms with Crippen LogP contribution in [0.2, 0.25) is 0 Å². The van der Waals surface area contributed by atoms with Crippen molar-refractivity contribution < 1.29 is 13.2 Å². The van der Waals surface area contributed by atoms with E-state index in [0.717, 1.165) is 18.8 Å². The van der Waals surface area contributed by atoms with Crippen LogP contribution in [0.3, 0.4) is 0 Å². The summed E-state index contributed by atoms with van der Waals surface area (Å²) in [5, 5.41) is 0. The van der Waals surface area contributed by atoms with Gasteiger partial charge >= 0.3 is 0 Å². The monoisotopic (exact) mass is 262 g/mol. The normalized spacial score (nSPS) is 46.0. The van der Waals surface area contributed by atoms with Crippen LogP contribution >= 0.6 is 0 Å². The fourth-order valence-electron chi connectivity index (χ4n) is 3.90. The fourth-order valence-corrected chi connectivity index (χ4v) is 3.90. The summed E-state index contributed by atoms with van der Waals surface area (Å²) in [6.07, 6.45) is 4.09. The van der Waals surface area contributed by atoms with Gasteiger partial charge in [0.25, 0.3) is 0 Å². The lowest BCUT2D eigenvalue weighted by atomic mass is 9.68. The molecule has 2 aliphatic rings. The molecule has 2 saturated carbocycles. The van der Waals surface area contributed by atoms with Crippen molar-refractivity contribution in [1.82, 2.24) is 0 Å². The van der Waals surface area contributed by atoms with Gasteiger partial charge in [-0.05, 0) is 43.4 Å². The lowest BCUT2D eigenvalue weighted by Crippen LogP contribution is -2.39. The van der Waals surface area contributed by atoms with Crippen molar-refractivity contribution in [3.63, 3.8) is 0 Å². The van der Waals surface area contributed by atoms with E-state index < -0.39 is 24.9 Å². The Labute approximate surface area is 108 Å². The highest BCUT2D eigenvalue weighted by Gasteiger charge is 2.41. The Balaban J connectivity index is 1.87. The zero-order valence-electron chi connectivity index (χ0n) is 11.3. The molecule has 0 radical (unpaired) electrons. The summed E-state index contributed by atoms with van der Waals surface area (Å²) in [4.78, 5) is 0. The molecule has 0 spiro atoms. The van der Waals surface area contributed by atoms with Gasteiger partial charge in [0.2, 0.25) is 0 Å². The van der Waals surface area contributed by atoms with E-state index >= 15 is 0 Å². The van der Waals surface area contributed by atoms with E-state index in [4.69, 9.17) is 0 Å². The molecule has 0 aromatic heterocycles. The van der Waals surface area contributed by atoms with Crippen molar-refractivity contribution >= 4 is 0 Å². The topological polar surface area (TPSA) is 0 Å². The van der Waals surface area contributed by atoms with Crippen LogP contribution in [0.25, 0.3) is 0 Å². The fraction of sp³-hybridized carbons (Fsp3) is 1.00. The largest absolute Gasteiger partial charge is 0.251 e. The van der Waals surface area contributed by atoms with Gasteiger partial charge in [-0.15, -0.1) is 0 Å². The predicted octanol–water partition coefficient (Wildman–Crippen LogP) is 4.87. The van der Waals surface area contributed by atoms with Crippen LogP contribution in [-0.4, -0.2) is 19.0 Å². The summed E-state index contributed by atoms with van der Waals surface area (Å²) in [5.41, 5.74) is 0. The van der Waals surface area contributed by atoms with Gasteiger partial charge in [0.1, 0.15) is 12.3 Å². The summed E-state index contributed by atoms with van der Waals surface area (Å²) in [5.74, 6) is 0.444. The van der Waals surface area contributed by atoms with Gasteiger partial charge in [-0.2, -0.15) is 0 Å². The van der Waals surface area contributed by atoms with Crippen molar-refractivity contribution in [2.45, 2.75) is 64.2 Å². The van der Waals surface area contributed by atoms with Gasteiger partial charge in [-0.1, -0.05) is 26.2 Å². The predicted molar refractivity (Wildman–Crippen MR) is 67.7 cm³/mol. The molecule has 18 heavy (non-hydrogen) atoms. The molecule has 2 fully saturated rings. The maximum absolute atomic E-state index is 13.8. The molecule has 3 heteroatoms. The first-order valence-corrected chi connectivity index (χ1v) is 7.49. The third-order valence-electron chi connectivity index (χ3n) is 5.30. The first kappa shape index (κ1) is 14.2. The molecule has 2 unspecified atom stereocenters. The molecule has 0 nitrogen and oxygen atoms in total. The van der Waals surface area contributed by atoms with Gasteiger partial charge in [0.15, 0.2) is 0 Å². The Morgan fingerprint density at radius 3 is 1.89 bits per heavy atom. The minimum Gasteiger partial charge on any atom is -0.251 e. The molecule has 0 aromatic rings. The highest BCUT2D eigenvalue weighted by Crippen LogP contribution is 2.43. The van der Waals surface area contributed by atoms with Crippen molar-refractivity contribution in [3.8, 4) is 0 Å². The molecule has 0 amide bonds. The van der Waals surface area contributed by atoms with Crippen molar-refractivity contribution in [2.24, 2.45) is 23.7 Å². The zero-order chi connectivity index (χ0) is 13.1. The first-order valence-electron chi connectivity index (χ1n) is 7.49. The molecule has 2 atom stereocenters. The van der Waals surface area contributed by atoms with Crippen LogP contribution in [-0.2, 0) is 0 Å². The van der Waals surface area contributed by atoms with Crippen molar-refractivity contribution in [2.75, 3.05) is 6.67 Å². The second-order valence-corrected chi connectivity index (χ2v) is 6.27. The number of hydrogen-bond acceptors (Lipinski definition) is 0. The molecule has 0 heterocycles. The van der Waals surface area contributed by atoms with Gasteiger partial charge in [-0.25, -0.2) is 8.78 Å². The molecule has 0 saturated heterocycles. The number of alkyl halides is 3. The third kappa shape index (κ3) is 3.03. The Hall–Kier alpha value is -0.210. The van der Waals surface area contributed by atoms with Crippen LogP contribution in [0.5, 0.6) is 0 Å². The second-order valence-electron chi connectivity index (χ2n) is 6.27. The van der Waals surface area contributed by atoms with Crippen LogP contribution in [0.15, 0.2) is 0 Å². The van der Waals surface area contributed by atoms with E-state index in [1.165, 1.54) is 19.3 Å². The van der Waals surface area contributed by atoms with E-state index in [0.29, 0.717) is 18.8 Å². The van der Waals surface area contributed by atoms with Crippen molar-refractivity contribution in [1.29, 1.82) is 0 Å². The molecule has 2 aliphatic carbocycles. The molecule has 0 bridgehead atoms. The van der Waals surface area contributed by atoms with Crippen LogP contribution in [0.4, 0.5) is 13.2 Å². The second kappa shape index (κ2) is 6.29. The maximum atomic E-state index is 13.8. The smallest absolute Gasteiger partial charge is 0.108 e. The summed E-state index contributed by atoms with van der Waals surface area (Å²) >= 11 is 0. The summed E-state index contributed by atoms with van der Waals surface area (Å²) in [7, 11) is 0. The minimum atomic E-state index is -1.27. The van der Waals surface area contributed by atoms with Gasteiger partial charge < -0.3 is 0 Å². The molecule has 106 valence electrons. The van der Waals surface area contributed by atoms with E-state index in [2.05, 4.69) is 6.92 Å². The van der Waals surface area contributed by atoms with Gasteiger partial charge in [0, 0.05) is 5.92 Å². The molecule has 0 N–H and O–H groups in total. The standard InChI is InChI=1S/C15H25F3/c1-2-10-3-5-11(6-4-10)12-7-14(17)13(9-16)15(18)8-12/h10-15H,2-9H2,1H3. The number of hydrogen-bond donors (Lipinski definition) is 0. The maximum Gasteiger partial charge on any atom is 0.108 e.